The van der Waals surface area contributed by atoms with E-state index in [1.165, 1.54) is 10.5 Å². The van der Waals surface area contributed by atoms with Crippen molar-refractivity contribution in [3.63, 3.8) is 0 Å². The van der Waals surface area contributed by atoms with E-state index in [9.17, 15) is 0 Å². The summed E-state index contributed by atoms with van der Waals surface area (Å²) in [7, 11) is 1.67. The molecule has 0 aliphatic rings. The average molecular weight is 303 g/mol. The van der Waals surface area contributed by atoms with Crippen LogP contribution in [0.1, 0.15) is 5.56 Å². The number of nitrogens with one attached hydrogen (secondary N) is 1. The van der Waals surface area contributed by atoms with Crippen LogP contribution in [0.5, 0.6) is 5.75 Å². The first-order chi connectivity index (χ1) is 10.3. The zero-order chi connectivity index (χ0) is 14.9. The van der Waals surface area contributed by atoms with Gasteiger partial charge in [0.05, 0.1) is 6.61 Å². The Bertz CT molecular complexity index is 525. The predicted molar refractivity (Wildman–Crippen MR) is 89.4 cm³/mol. The molecule has 112 valence electrons. The molecule has 0 saturated carbocycles. The van der Waals surface area contributed by atoms with Crippen molar-refractivity contribution in [2.24, 2.45) is 0 Å². The number of hydrogen-bond acceptors (Lipinski definition) is 4. The Hall–Kier alpha value is -1.65. The van der Waals surface area contributed by atoms with Gasteiger partial charge in [0.15, 0.2) is 0 Å². The first-order valence-corrected chi connectivity index (χ1v) is 8.13. The van der Waals surface area contributed by atoms with E-state index in [-0.39, 0.29) is 0 Å². The number of ether oxygens (including phenoxy) is 2. The lowest BCUT2D eigenvalue weighted by Crippen LogP contribution is -2.04. The normalized spacial score (nSPS) is 10.4. The third kappa shape index (κ3) is 5.33. The van der Waals surface area contributed by atoms with Crippen molar-refractivity contribution < 1.29 is 9.47 Å². The summed E-state index contributed by atoms with van der Waals surface area (Å²) in [6.07, 6.45) is 2.09. The summed E-state index contributed by atoms with van der Waals surface area (Å²) in [6.45, 7) is 2.00. The molecule has 0 amide bonds. The van der Waals surface area contributed by atoms with Crippen LogP contribution < -0.4 is 10.1 Å². The summed E-state index contributed by atoms with van der Waals surface area (Å²) in [5.74, 6) is 0.863. The first-order valence-electron chi connectivity index (χ1n) is 6.90. The fraction of sp³-hybridized carbons (Fsp3) is 0.294. The number of rotatable bonds is 8. The Morgan fingerprint density at radius 2 is 1.67 bits per heavy atom. The summed E-state index contributed by atoms with van der Waals surface area (Å²) in [5.41, 5.74) is 2.36. The van der Waals surface area contributed by atoms with E-state index in [2.05, 4.69) is 35.8 Å². The van der Waals surface area contributed by atoms with Crippen LogP contribution in [0.2, 0.25) is 0 Å². The van der Waals surface area contributed by atoms with Crippen molar-refractivity contribution in [3.8, 4) is 5.75 Å². The number of benzene rings is 2. The van der Waals surface area contributed by atoms with Crippen LogP contribution in [0, 0.1) is 0 Å². The maximum Gasteiger partial charge on any atom is 0.119 e. The monoisotopic (exact) mass is 303 g/mol. The molecule has 0 aliphatic heterocycles. The summed E-state index contributed by atoms with van der Waals surface area (Å²) in [4.78, 5) is 1.29. The highest BCUT2D eigenvalue weighted by Crippen LogP contribution is 2.18. The van der Waals surface area contributed by atoms with Crippen LogP contribution in [0.3, 0.4) is 0 Å². The summed E-state index contributed by atoms with van der Waals surface area (Å²) < 4.78 is 10.5. The Balaban J connectivity index is 1.82. The SMILES string of the molecule is COCCOc1ccc(NCc2ccc(SC)cc2)cc1. The molecular formula is C17H21NO2S. The van der Waals surface area contributed by atoms with Crippen molar-refractivity contribution in [3.05, 3.63) is 54.1 Å². The zero-order valence-electron chi connectivity index (χ0n) is 12.5. The molecular weight excluding hydrogens is 282 g/mol. The number of methoxy groups -OCH3 is 1. The molecule has 0 saturated heterocycles. The minimum atomic E-state index is 0.574. The van der Waals surface area contributed by atoms with Gasteiger partial charge in [-0.15, -0.1) is 11.8 Å². The smallest absolute Gasteiger partial charge is 0.119 e. The van der Waals surface area contributed by atoms with Crippen LogP contribution in [0.15, 0.2) is 53.4 Å². The fourth-order valence-electron chi connectivity index (χ4n) is 1.86. The number of anilines is 1. The molecule has 0 fully saturated rings. The van der Waals surface area contributed by atoms with Gasteiger partial charge in [-0.3, -0.25) is 0 Å². The molecule has 0 radical (unpaired) electrons. The van der Waals surface area contributed by atoms with E-state index in [0.29, 0.717) is 13.2 Å². The van der Waals surface area contributed by atoms with Gasteiger partial charge in [0.1, 0.15) is 12.4 Å². The Kier molecular flexibility index (Phi) is 6.44. The lowest BCUT2D eigenvalue weighted by atomic mass is 10.2. The highest BCUT2D eigenvalue weighted by Gasteiger charge is 1.97. The second kappa shape index (κ2) is 8.60. The van der Waals surface area contributed by atoms with E-state index in [4.69, 9.17) is 9.47 Å². The molecule has 4 heteroatoms. The second-order valence-electron chi connectivity index (χ2n) is 4.57. The van der Waals surface area contributed by atoms with Crippen molar-refractivity contribution in [2.45, 2.75) is 11.4 Å². The van der Waals surface area contributed by atoms with Crippen LogP contribution in [0.25, 0.3) is 0 Å². The molecule has 21 heavy (non-hydrogen) atoms. The maximum absolute atomic E-state index is 5.53. The minimum Gasteiger partial charge on any atom is -0.491 e. The number of thioether (sulfide) groups is 1. The van der Waals surface area contributed by atoms with Crippen LogP contribution in [-0.4, -0.2) is 26.6 Å². The van der Waals surface area contributed by atoms with Crippen molar-refractivity contribution in [1.82, 2.24) is 0 Å². The van der Waals surface area contributed by atoms with Gasteiger partial charge in [-0.25, -0.2) is 0 Å². The van der Waals surface area contributed by atoms with E-state index in [0.717, 1.165) is 18.0 Å². The molecule has 0 heterocycles. The molecule has 3 nitrogen and oxygen atoms in total. The quantitative estimate of drug-likeness (QED) is 0.589. The van der Waals surface area contributed by atoms with Gasteiger partial charge in [0.2, 0.25) is 0 Å². The van der Waals surface area contributed by atoms with Gasteiger partial charge in [0, 0.05) is 24.2 Å². The van der Waals surface area contributed by atoms with E-state index < -0.39 is 0 Å². The fourth-order valence-corrected chi connectivity index (χ4v) is 2.27. The zero-order valence-corrected chi connectivity index (χ0v) is 13.3. The highest BCUT2D eigenvalue weighted by molar-refractivity contribution is 7.98. The summed E-state index contributed by atoms with van der Waals surface area (Å²) >= 11 is 1.76. The van der Waals surface area contributed by atoms with Crippen molar-refractivity contribution >= 4 is 17.4 Å². The van der Waals surface area contributed by atoms with Gasteiger partial charge in [0.25, 0.3) is 0 Å². The van der Waals surface area contributed by atoms with Crippen molar-refractivity contribution in [2.75, 3.05) is 31.9 Å². The highest BCUT2D eigenvalue weighted by atomic mass is 32.2. The number of hydrogen-bond donors (Lipinski definition) is 1. The molecule has 2 aromatic carbocycles. The van der Waals surface area contributed by atoms with Gasteiger partial charge in [-0.1, -0.05) is 12.1 Å². The van der Waals surface area contributed by atoms with Gasteiger partial charge < -0.3 is 14.8 Å². The van der Waals surface area contributed by atoms with Crippen LogP contribution in [-0.2, 0) is 11.3 Å². The summed E-state index contributed by atoms with van der Waals surface area (Å²) in [6, 6.07) is 16.6. The van der Waals surface area contributed by atoms with Crippen LogP contribution >= 0.6 is 11.8 Å². The lowest BCUT2D eigenvalue weighted by molar-refractivity contribution is 0.146. The minimum absolute atomic E-state index is 0.574. The Morgan fingerprint density at radius 1 is 0.952 bits per heavy atom. The molecule has 2 aromatic rings. The molecule has 0 spiro atoms. The third-order valence-corrected chi connectivity index (χ3v) is 3.81. The van der Waals surface area contributed by atoms with Gasteiger partial charge in [-0.05, 0) is 48.2 Å². The van der Waals surface area contributed by atoms with Gasteiger partial charge >= 0.3 is 0 Å². The topological polar surface area (TPSA) is 30.5 Å². The standard InChI is InChI=1S/C17H21NO2S/c1-19-11-12-20-16-7-5-15(6-8-16)18-13-14-3-9-17(21-2)10-4-14/h3-10,18H,11-13H2,1-2H3. The maximum atomic E-state index is 5.53. The average Bonchev–Trinajstić information content (AvgIpc) is 2.55. The molecule has 1 N–H and O–H groups in total. The molecule has 0 unspecified atom stereocenters. The Morgan fingerprint density at radius 3 is 2.29 bits per heavy atom. The van der Waals surface area contributed by atoms with E-state index >= 15 is 0 Å². The first kappa shape index (κ1) is 15.7. The third-order valence-electron chi connectivity index (χ3n) is 3.07. The van der Waals surface area contributed by atoms with E-state index in [1.54, 1.807) is 18.9 Å². The molecule has 2 rings (SSSR count). The molecule has 0 aliphatic carbocycles. The largest absolute Gasteiger partial charge is 0.491 e. The van der Waals surface area contributed by atoms with E-state index in [1.807, 2.05) is 24.3 Å². The predicted octanol–water partition coefficient (Wildman–Crippen LogP) is 4.05. The molecule has 0 aromatic heterocycles. The van der Waals surface area contributed by atoms with Gasteiger partial charge in [-0.2, -0.15) is 0 Å². The molecule has 0 atom stereocenters. The molecule has 0 bridgehead atoms. The lowest BCUT2D eigenvalue weighted by Gasteiger charge is -2.09. The van der Waals surface area contributed by atoms with Crippen molar-refractivity contribution in [1.29, 1.82) is 0 Å². The second-order valence-corrected chi connectivity index (χ2v) is 5.45. The summed E-state index contributed by atoms with van der Waals surface area (Å²) in [5, 5.41) is 3.41. The van der Waals surface area contributed by atoms with Crippen LogP contribution in [0.4, 0.5) is 5.69 Å². The Labute approximate surface area is 130 Å².